The van der Waals surface area contributed by atoms with Crippen LogP contribution >= 0.6 is 11.6 Å². The Morgan fingerprint density at radius 2 is 2.00 bits per heavy atom. The highest BCUT2D eigenvalue weighted by atomic mass is 35.5. The number of nitrogens with one attached hydrogen (secondary N) is 1. The number of hydrogen-bond acceptors (Lipinski definition) is 4. The third-order valence-corrected chi connectivity index (χ3v) is 4.08. The van der Waals surface area contributed by atoms with Crippen molar-refractivity contribution in [3.63, 3.8) is 0 Å². The SMILES string of the molecule is Nc1cccc(Cl)c1S(=O)(=O)NCC(O)C(F)(F)F. The van der Waals surface area contributed by atoms with Crippen molar-refractivity contribution < 1.29 is 26.7 Å². The summed E-state index contributed by atoms with van der Waals surface area (Å²) in [4.78, 5) is -0.522. The van der Waals surface area contributed by atoms with Gasteiger partial charge < -0.3 is 10.8 Å². The first kappa shape index (κ1) is 16.0. The maximum Gasteiger partial charge on any atom is 0.415 e. The molecule has 0 aliphatic carbocycles. The first-order valence-corrected chi connectivity index (χ1v) is 6.70. The smallest absolute Gasteiger partial charge is 0.398 e. The number of nitrogens with two attached hydrogens (primary N) is 1. The van der Waals surface area contributed by atoms with Gasteiger partial charge in [-0.25, -0.2) is 13.1 Å². The molecule has 19 heavy (non-hydrogen) atoms. The highest BCUT2D eigenvalue weighted by Gasteiger charge is 2.39. The minimum absolute atomic E-state index is 0.207. The van der Waals surface area contributed by atoms with E-state index in [0.717, 1.165) is 0 Å². The van der Waals surface area contributed by atoms with Crippen molar-refractivity contribution in [1.82, 2.24) is 4.72 Å². The lowest BCUT2D eigenvalue weighted by atomic mass is 10.3. The standard InChI is InChI=1S/C9H10ClF3N2O3S/c10-5-2-1-3-6(14)8(5)19(17,18)15-4-7(16)9(11,12)13/h1-3,7,15-16H,4,14H2. The predicted octanol–water partition coefficient (Wildman–Crippen LogP) is 1.12. The van der Waals surface area contributed by atoms with Crippen LogP contribution < -0.4 is 10.5 Å². The molecule has 0 aliphatic heterocycles. The Balaban J connectivity index is 2.95. The molecule has 0 bridgehead atoms. The Hall–Kier alpha value is -1.03. The zero-order chi connectivity index (χ0) is 14.8. The summed E-state index contributed by atoms with van der Waals surface area (Å²) < 4.78 is 61.3. The van der Waals surface area contributed by atoms with Crippen LogP contribution in [0.5, 0.6) is 0 Å². The average molecular weight is 319 g/mol. The van der Waals surface area contributed by atoms with Crippen LogP contribution in [-0.4, -0.2) is 32.3 Å². The van der Waals surface area contributed by atoms with Crippen molar-refractivity contribution in [1.29, 1.82) is 0 Å². The van der Waals surface area contributed by atoms with Crippen molar-refractivity contribution in [3.8, 4) is 0 Å². The summed E-state index contributed by atoms with van der Waals surface area (Å²) in [7, 11) is -4.34. The average Bonchev–Trinajstić information content (AvgIpc) is 2.24. The van der Waals surface area contributed by atoms with Crippen molar-refractivity contribution in [3.05, 3.63) is 23.2 Å². The topological polar surface area (TPSA) is 92.4 Å². The van der Waals surface area contributed by atoms with Gasteiger partial charge in [0.1, 0.15) is 4.90 Å². The van der Waals surface area contributed by atoms with Crippen LogP contribution in [0.1, 0.15) is 0 Å². The van der Waals surface area contributed by atoms with E-state index in [2.05, 4.69) is 0 Å². The molecule has 108 valence electrons. The molecule has 0 spiro atoms. The first-order valence-electron chi connectivity index (χ1n) is 4.84. The summed E-state index contributed by atoms with van der Waals surface area (Å²) in [5.41, 5.74) is 5.20. The van der Waals surface area contributed by atoms with Crippen LogP contribution in [0.15, 0.2) is 23.1 Å². The number of halogens is 4. The van der Waals surface area contributed by atoms with Crippen LogP contribution in [0.3, 0.4) is 0 Å². The number of rotatable bonds is 4. The van der Waals surface area contributed by atoms with E-state index in [9.17, 15) is 21.6 Å². The second-order valence-corrected chi connectivity index (χ2v) is 5.68. The van der Waals surface area contributed by atoms with E-state index in [1.807, 2.05) is 0 Å². The Labute approximate surface area is 112 Å². The second kappa shape index (κ2) is 5.53. The molecule has 1 rings (SSSR count). The molecule has 5 nitrogen and oxygen atoms in total. The molecule has 0 aliphatic rings. The van der Waals surface area contributed by atoms with Gasteiger partial charge in [-0.15, -0.1) is 0 Å². The van der Waals surface area contributed by atoms with Gasteiger partial charge in [0.2, 0.25) is 10.0 Å². The first-order chi connectivity index (χ1) is 8.55. The van der Waals surface area contributed by atoms with Gasteiger partial charge in [0, 0.05) is 6.54 Å². The summed E-state index contributed by atoms with van der Waals surface area (Å²) in [6.45, 7) is -1.23. The normalized spacial score (nSPS) is 14.4. The van der Waals surface area contributed by atoms with Crippen LogP contribution in [0.2, 0.25) is 5.02 Å². The van der Waals surface area contributed by atoms with Crippen molar-refractivity contribution in [2.24, 2.45) is 0 Å². The third kappa shape index (κ3) is 3.96. The summed E-state index contributed by atoms with van der Waals surface area (Å²) >= 11 is 5.64. The molecular formula is C9H10ClF3N2O3S. The van der Waals surface area contributed by atoms with E-state index >= 15 is 0 Å². The Bertz CT molecular complexity index is 542. The molecule has 4 N–H and O–H groups in total. The molecule has 0 radical (unpaired) electrons. The fourth-order valence-corrected chi connectivity index (χ4v) is 2.90. The summed E-state index contributed by atoms with van der Waals surface area (Å²) in [5, 5.41) is 8.49. The number of anilines is 1. The van der Waals surface area contributed by atoms with Crippen LogP contribution in [0.4, 0.5) is 18.9 Å². The van der Waals surface area contributed by atoms with Crippen molar-refractivity contribution >= 4 is 27.3 Å². The van der Waals surface area contributed by atoms with E-state index in [0.29, 0.717) is 0 Å². The van der Waals surface area contributed by atoms with Crippen LogP contribution in [0.25, 0.3) is 0 Å². The van der Waals surface area contributed by atoms with E-state index in [1.54, 1.807) is 4.72 Å². The van der Waals surface area contributed by atoms with E-state index < -0.39 is 33.7 Å². The van der Waals surface area contributed by atoms with Gasteiger partial charge in [0.15, 0.2) is 6.10 Å². The fraction of sp³-hybridized carbons (Fsp3) is 0.333. The van der Waals surface area contributed by atoms with Gasteiger partial charge in [-0.05, 0) is 12.1 Å². The number of aliphatic hydroxyl groups excluding tert-OH is 1. The molecule has 0 saturated heterocycles. The van der Waals surface area contributed by atoms with Gasteiger partial charge >= 0.3 is 6.18 Å². The number of aliphatic hydroxyl groups is 1. The summed E-state index contributed by atoms with van der Waals surface area (Å²) in [5.74, 6) is 0. The Morgan fingerprint density at radius 1 is 1.42 bits per heavy atom. The van der Waals surface area contributed by atoms with E-state index in [4.69, 9.17) is 22.4 Å². The second-order valence-electron chi connectivity index (χ2n) is 3.57. The molecular weight excluding hydrogens is 309 g/mol. The Morgan fingerprint density at radius 3 is 2.47 bits per heavy atom. The lowest BCUT2D eigenvalue weighted by Crippen LogP contribution is -2.40. The number of nitrogen functional groups attached to an aromatic ring is 1. The van der Waals surface area contributed by atoms with E-state index in [1.165, 1.54) is 18.2 Å². The summed E-state index contributed by atoms with van der Waals surface area (Å²) in [6.07, 6.45) is -7.74. The minimum atomic E-state index is -4.92. The van der Waals surface area contributed by atoms with Gasteiger partial charge in [-0.1, -0.05) is 17.7 Å². The predicted molar refractivity (Wildman–Crippen MR) is 63.1 cm³/mol. The number of sulfonamides is 1. The molecule has 0 aromatic heterocycles. The largest absolute Gasteiger partial charge is 0.415 e. The number of benzene rings is 1. The van der Waals surface area contributed by atoms with Crippen LogP contribution in [-0.2, 0) is 10.0 Å². The molecule has 0 heterocycles. The number of hydrogen-bond donors (Lipinski definition) is 3. The molecule has 1 aromatic carbocycles. The molecule has 0 amide bonds. The van der Waals surface area contributed by atoms with Gasteiger partial charge in [0.25, 0.3) is 0 Å². The molecule has 10 heteroatoms. The molecule has 1 atom stereocenters. The van der Waals surface area contributed by atoms with Gasteiger partial charge in [-0.3, -0.25) is 0 Å². The maximum absolute atomic E-state index is 12.0. The van der Waals surface area contributed by atoms with E-state index in [-0.39, 0.29) is 10.7 Å². The highest BCUT2D eigenvalue weighted by molar-refractivity contribution is 7.89. The third-order valence-electron chi connectivity index (χ3n) is 2.11. The lowest BCUT2D eigenvalue weighted by Gasteiger charge is -2.16. The zero-order valence-corrected chi connectivity index (χ0v) is 10.9. The van der Waals surface area contributed by atoms with Crippen LogP contribution in [0, 0.1) is 0 Å². The quantitative estimate of drug-likeness (QED) is 0.725. The maximum atomic E-state index is 12.0. The molecule has 0 fully saturated rings. The summed E-state index contributed by atoms with van der Waals surface area (Å²) in [6, 6.07) is 3.86. The molecule has 1 unspecified atom stereocenters. The molecule has 1 aromatic rings. The van der Waals surface area contributed by atoms with Gasteiger partial charge in [-0.2, -0.15) is 13.2 Å². The highest BCUT2D eigenvalue weighted by Crippen LogP contribution is 2.27. The zero-order valence-electron chi connectivity index (χ0n) is 9.28. The lowest BCUT2D eigenvalue weighted by molar-refractivity contribution is -0.200. The van der Waals surface area contributed by atoms with Crippen molar-refractivity contribution in [2.45, 2.75) is 17.2 Å². The monoisotopic (exact) mass is 318 g/mol. The molecule has 0 saturated carbocycles. The fourth-order valence-electron chi connectivity index (χ4n) is 1.19. The van der Waals surface area contributed by atoms with Gasteiger partial charge in [0.05, 0.1) is 10.7 Å². The Kier molecular flexibility index (Phi) is 4.67. The number of alkyl halides is 3. The minimum Gasteiger partial charge on any atom is -0.398 e. The van der Waals surface area contributed by atoms with Crippen molar-refractivity contribution in [2.75, 3.05) is 12.3 Å².